The highest BCUT2D eigenvalue weighted by Crippen LogP contribution is 2.28. The van der Waals surface area contributed by atoms with Gasteiger partial charge in [-0.15, -0.1) is 10.2 Å². The Labute approximate surface area is 179 Å². The van der Waals surface area contributed by atoms with Crippen LogP contribution in [-0.2, 0) is 11.3 Å². The number of nitrogens with one attached hydrogen (secondary N) is 1. The predicted molar refractivity (Wildman–Crippen MR) is 116 cm³/mol. The Kier molecular flexibility index (Phi) is 5.45. The van der Waals surface area contributed by atoms with Crippen molar-refractivity contribution in [3.63, 3.8) is 0 Å². The molecule has 1 amide bonds. The van der Waals surface area contributed by atoms with E-state index in [0.29, 0.717) is 48.5 Å². The largest absolute Gasteiger partial charge is 0.493 e. The molecule has 31 heavy (non-hydrogen) atoms. The first-order valence-corrected chi connectivity index (χ1v) is 10.5. The SMILES string of the molecule is O=C1Nc2cccc(n2)-c2nncn2CCCCOc2ccc(C3=CCOCC3)cc21. The summed E-state index contributed by atoms with van der Waals surface area (Å²) in [6.45, 7) is 2.58. The van der Waals surface area contributed by atoms with Gasteiger partial charge in [-0.2, -0.15) is 0 Å². The molecule has 0 spiro atoms. The molecule has 158 valence electrons. The maximum Gasteiger partial charge on any atom is 0.260 e. The van der Waals surface area contributed by atoms with E-state index in [-0.39, 0.29) is 5.91 Å². The number of carbonyl (C=O) groups excluding carboxylic acids is 1. The molecule has 0 saturated heterocycles. The van der Waals surface area contributed by atoms with Crippen LogP contribution in [0.5, 0.6) is 5.75 Å². The molecule has 2 aromatic heterocycles. The summed E-state index contributed by atoms with van der Waals surface area (Å²) in [7, 11) is 0. The number of carbonyl (C=O) groups is 1. The van der Waals surface area contributed by atoms with Gasteiger partial charge in [0.1, 0.15) is 23.6 Å². The quantitative estimate of drug-likeness (QED) is 0.651. The van der Waals surface area contributed by atoms with E-state index in [9.17, 15) is 4.79 Å². The molecule has 3 aromatic rings. The zero-order valence-electron chi connectivity index (χ0n) is 17.1. The van der Waals surface area contributed by atoms with Crippen molar-refractivity contribution in [1.82, 2.24) is 19.7 Å². The number of pyridine rings is 1. The molecule has 4 heterocycles. The molecular weight excluding hydrogens is 394 g/mol. The Balaban J connectivity index is 1.52. The molecule has 0 saturated carbocycles. The third kappa shape index (κ3) is 4.20. The molecule has 0 unspecified atom stereocenters. The van der Waals surface area contributed by atoms with E-state index in [1.54, 1.807) is 12.4 Å². The van der Waals surface area contributed by atoms with Crippen molar-refractivity contribution < 1.29 is 14.3 Å². The van der Waals surface area contributed by atoms with Gasteiger partial charge in [-0.3, -0.25) is 4.79 Å². The fourth-order valence-electron chi connectivity index (χ4n) is 3.82. The Morgan fingerprint density at radius 2 is 2.06 bits per heavy atom. The van der Waals surface area contributed by atoms with Crippen LogP contribution < -0.4 is 10.1 Å². The maximum atomic E-state index is 13.2. The van der Waals surface area contributed by atoms with Crippen molar-refractivity contribution in [1.29, 1.82) is 0 Å². The second-order valence-corrected chi connectivity index (χ2v) is 7.53. The summed E-state index contributed by atoms with van der Waals surface area (Å²) in [6.07, 6.45) is 6.34. The molecule has 1 aromatic carbocycles. The Hall–Kier alpha value is -3.52. The summed E-state index contributed by atoms with van der Waals surface area (Å²) >= 11 is 0. The lowest BCUT2D eigenvalue weighted by molar-refractivity contribution is 0.102. The van der Waals surface area contributed by atoms with Crippen molar-refractivity contribution in [3.8, 4) is 17.3 Å². The van der Waals surface area contributed by atoms with Crippen molar-refractivity contribution in [2.24, 2.45) is 0 Å². The van der Waals surface area contributed by atoms with E-state index in [2.05, 4.69) is 26.6 Å². The first kappa shape index (κ1) is 19.4. The van der Waals surface area contributed by atoms with Crippen LogP contribution in [0.25, 0.3) is 17.1 Å². The number of benzene rings is 1. The van der Waals surface area contributed by atoms with Gasteiger partial charge in [0.05, 0.1) is 25.4 Å². The van der Waals surface area contributed by atoms with Gasteiger partial charge >= 0.3 is 0 Å². The number of aryl methyl sites for hydroxylation is 1. The number of aromatic nitrogens is 4. The van der Waals surface area contributed by atoms with Crippen LogP contribution in [-0.4, -0.2) is 45.5 Å². The van der Waals surface area contributed by atoms with Crippen LogP contribution in [0.3, 0.4) is 0 Å². The average molecular weight is 417 g/mol. The van der Waals surface area contributed by atoms with Crippen LogP contribution in [0.2, 0.25) is 0 Å². The predicted octanol–water partition coefficient (Wildman–Crippen LogP) is 3.57. The van der Waals surface area contributed by atoms with E-state index >= 15 is 0 Å². The molecule has 8 nitrogen and oxygen atoms in total. The second kappa shape index (κ2) is 8.69. The molecule has 8 heteroatoms. The summed E-state index contributed by atoms with van der Waals surface area (Å²) in [5.74, 6) is 1.46. The fraction of sp³-hybridized carbons (Fsp3) is 0.304. The van der Waals surface area contributed by atoms with Crippen LogP contribution in [0, 0.1) is 0 Å². The summed E-state index contributed by atoms with van der Waals surface area (Å²) in [5.41, 5.74) is 3.36. The van der Waals surface area contributed by atoms with E-state index in [1.807, 2.05) is 34.9 Å². The number of amides is 1. The standard InChI is InChI=1S/C23H23N5O3/c29-23-18-14-17(16-8-12-30-13-9-16)6-7-20(18)31-11-2-1-10-28-15-24-27-22(28)19-4-3-5-21(25-19)26-23/h3-8,14-15H,1-2,9-13H2,(H,25,26,29). The fourth-order valence-corrected chi connectivity index (χ4v) is 3.82. The van der Waals surface area contributed by atoms with Gasteiger partial charge in [0, 0.05) is 6.54 Å². The van der Waals surface area contributed by atoms with Crippen molar-refractivity contribution in [3.05, 3.63) is 59.9 Å². The molecule has 0 fully saturated rings. The minimum Gasteiger partial charge on any atom is -0.493 e. The highest BCUT2D eigenvalue weighted by atomic mass is 16.5. The first-order valence-electron chi connectivity index (χ1n) is 10.5. The van der Waals surface area contributed by atoms with Gasteiger partial charge < -0.3 is 19.4 Å². The van der Waals surface area contributed by atoms with E-state index in [1.165, 1.54) is 5.57 Å². The molecule has 5 rings (SSSR count). The normalized spacial score (nSPS) is 16.8. The van der Waals surface area contributed by atoms with Gasteiger partial charge in [0.25, 0.3) is 5.91 Å². The maximum absolute atomic E-state index is 13.2. The molecule has 0 aliphatic carbocycles. The Morgan fingerprint density at radius 1 is 1.10 bits per heavy atom. The van der Waals surface area contributed by atoms with Crippen LogP contribution in [0.4, 0.5) is 5.82 Å². The van der Waals surface area contributed by atoms with E-state index in [4.69, 9.17) is 9.47 Å². The lowest BCUT2D eigenvalue weighted by atomic mass is 9.98. The zero-order chi connectivity index (χ0) is 21.0. The minimum atomic E-state index is -0.257. The van der Waals surface area contributed by atoms with Crippen molar-refractivity contribution >= 4 is 17.3 Å². The van der Waals surface area contributed by atoms with E-state index < -0.39 is 0 Å². The van der Waals surface area contributed by atoms with E-state index in [0.717, 1.165) is 31.4 Å². The molecular formula is C23H23N5O3. The third-order valence-electron chi connectivity index (χ3n) is 5.44. The van der Waals surface area contributed by atoms with Crippen LogP contribution in [0.1, 0.15) is 35.2 Å². The van der Waals surface area contributed by atoms with Gasteiger partial charge in [-0.05, 0) is 54.7 Å². The molecule has 0 atom stereocenters. The van der Waals surface area contributed by atoms with Gasteiger partial charge in [0.2, 0.25) is 0 Å². The monoisotopic (exact) mass is 417 g/mol. The number of nitrogens with zero attached hydrogens (tertiary/aromatic N) is 4. The molecule has 2 bridgehead atoms. The average Bonchev–Trinajstić information content (AvgIpc) is 3.28. The Morgan fingerprint density at radius 3 is 2.97 bits per heavy atom. The highest BCUT2D eigenvalue weighted by molar-refractivity contribution is 6.06. The van der Waals surface area contributed by atoms with Crippen LogP contribution in [0.15, 0.2) is 48.8 Å². The van der Waals surface area contributed by atoms with Gasteiger partial charge in [0.15, 0.2) is 5.82 Å². The lowest BCUT2D eigenvalue weighted by Gasteiger charge is -2.17. The first-order chi connectivity index (χ1) is 15.3. The summed E-state index contributed by atoms with van der Waals surface area (Å²) < 4.78 is 13.4. The summed E-state index contributed by atoms with van der Waals surface area (Å²) in [5, 5.41) is 11.1. The second-order valence-electron chi connectivity index (χ2n) is 7.53. The molecule has 2 aliphatic heterocycles. The lowest BCUT2D eigenvalue weighted by Crippen LogP contribution is -2.16. The number of hydrogen-bond acceptors (Lipinski definition) is 6. The Bertz CT molecular complexity index is 1140. The number of rotatable bonds is 1. The molecule has 0 radical (unpaired) electrons. The molecule has 2 aliphatic rings. The third-order valence-corrected chi connectivity index (χ3v) is 5.44. The highest BCUT2D eigenvalue weighted by Gasteiger charge is 2.18. The minimum absolute atomic E-state index is 0.257. The number of ether oxygens (including phenoxy) is 2. The zero-order valence-corrected chi connectivity index (χ0v) is 17.1. The summed E-state index contributed by atoms with van der Waals surface area (Å²) in [4.78, 5) is 17.8. The van der Waals surface area contributed by atoms with Crippen molar-refractivity contribution in [2.75, 3.05) is 25.1 Å². The van der Waals surface area contributed by atoms with Crippen molar-refractivity contribution in [2.45, 2.75) is 25.8 Å². The number of anilines is 1. The van der Waals surface area contributed by atoms with Gasteiger partial charge in [-0.25, -0.2) is 4.98 Å². The topological polar surface area (TPSA) is 91.2 Å². The van der Waals surface area contributed by atoms with Gasteiger partial charge in [-0.1, -0.05) is 18.2 Å². The van der Waals surface area contributed by atoms with Crippen LogP contribution >= 0.6 is 0 Å². The smallest absolute Gasteiger partial charge is 0.260 e. The molecule has 1 N–H and O–H groups in total. The number of hydrogen-bond donors (Lipinski definition) is 1. The summed E-state index contributed by atoms with van der Waals surface area (Å²) in [6, 6.07) is 11.3. The number of fused-ring (bicyclic) bond motifs is 5.